The predicted molar refractivity (Wildman–Crippen MR) is 81.8 cm³/mol. The number of piperidine rings is 1. The Hall–Kier alpha value is -0.870. The van der Waals surface area contributed by atoms with Gasteiger partial charge in [-0.2, -0.15) is 0 Å². The van der Waals surface area contributed by atoms with E-state index in [4.69, 9.17) is 0 Å². The maximum atomic E-state index is 12.5. The molecule has 1 saturated heterocycles. The number of nitrogens with one attached hydrogen (secondary N) is 1. The topological polar surface area (TPSA) is 38.6 Å². The zero-order chi connectivity index (χ0) is 14.8. The number of quaternary nitrogens is 1. The third-order valence-corrected chi connectivity index (χ3v) is 6.28. The highest BCUT2D eigenvalue weighted by Gasteiger charge is 2.29. The molecule has 1 aromatic rings. The van der Waals surface area contributed by atoms with Gasteiger partial charge in [0, 0.05) is 5.92 Å². The van der Waals surface area contributed by atoms with Crippen LogP contribution in [0.3, 0.4) is 0 Å². The zero-order valence-electron chi connectivity index (χ0n) is 12.7. The monoisotopic (exact) mass is 296 g/mol. The van der Waals surface area contributed by atoms with Crippen molar-refractivity contribution in [1.82, 2.24) is 0 Å². The normalized spacial score (nSPS) is 25.4. The summed E-state index contributed by atoms with van der Waals surface area (Å²) in [6, 6.07) is 7.36. The fourth-order valence-corrected chi connectivity index (χ4v) is 4.70. The summed E-state index contributed by atoms with van der Waals surface area (Å²) in [6.07, 6.45) is 2.49. The second-order valence-electron chi connectivity index (χ2n) is 6.36. The molecule has 0 saturated carbocycles. The summed E-state index contributed by atoms with van der Waals surface area (Å²) in [5.74, 6) is 0.959. The summed E-state index contributed by atoms with van der Waals surface area (Å²) >= 11 is 0. The van der Waals surface area contributed by atoms with Gasteiger partial charge in [-0.1, -0.05) is 24.6 Å². The Kier molecular flexibility index (Phi) is 4.86. The lowest BCUT2D eigenvalue weighted by Gasteiger charge is -2.32. The van der Waals surface area contributed by atoms with Crippen molar-refractivity contribution in [3.05, 3.63) is 29.8 Å². The van der Waals surface area contributed by atoms with Crippen LogP contribution in [0.2, 0.25) is 0 Å². The molecule has 1 unspecified atom stereocenters. The molecule has 1 aromatic carbocycles. The molecule has 1 aliphatic heterocycles. The Morgan fingerprint density at radius 2 is 1.95 bits per heavy atom. The molecule has 1 aliphatic rings. The Balaban J connectivity index is 2.05. The number of aryl methyl sites for hydroxylation is 1. The largest absolute Gasteiger partial charge is 0.332 e. The average molecular weight is 296 g/mol. The van der Waals surface area contributed by atoms with Gasteiger partial charge in [-0.3, -0.25) is 0 Å². The van der Waals surface area contributed by atoms with Gasteiger partial charge in [-0.05, 0) is 38.8 Å². The SMILES string of the molecule is Cc1ccc(S(=O)(=O)C[C@H](C)[NH+]2CCC[C@H](C)C2)cc1. The van der Waals surface area contributed by atoms with Gasteiger partial charge in [0.1, 0.15) is 5.75 Å². The maximum absolute atomic E-state index is 12.5. The molecule has 0 amide bonds. The van der Waals surface area contributed by atoms with Crippen LogP contribution in [0.15, 0.2) is 29.2 Å². The van der Waals surface area contributed by atoms with Gasteiger partial charge in [0.2, 0.25) is 0 Å². The minimum absolute atomic E-state index is 0.170. The molecular formula is C16H26NO2S+. The Bertz CT molecular complexity index is 536. The summed E-state index contributed by atoms with van der Waals surface area (Å²) in [4.78, 5) is 1.90. The minimum atomic E-state index is -3.16. The Labute approximate surface area is 122 Å². The van der Waals surface area contributed by atoms with Crippen LogP contribution < -0.4 is 4.90 Å². The quantitative estimate of drug-likeness (QED) is 0.914. The van der Waals surface area contributed by atoms with E-state index in [9.17, 15) is 8.42 Å². The number of benzene rings is 1. The second kappa shape index (κ2) is 6.27. The van der Waals surface area contributed by atoms with E-state index in [-0.39, 0.29) is 11.8 Å². The van der Waals surface area contributed by atoms with E-state index in [1.54, 1.807) is 12.1 Å². The summed E-state index contributed by atoms with van der Waals surface area (Å²) in [5, 5.41) is 0. The smallest absolute Gasteiger partial charge is 0.184 e. The first-order valence-corrected chi connectivity index (χ1v) is 9.17. The minimum Gasteiger partial charge on any atom is -0.332 e. The van der Waals surface area contributed by atoms with Gasteiger partial charge in [-0.15, -0.1) is 0 Å². The van der Waals surface area contributed by atoms with Gasteiger partial charge in [0.15, 0.2) is 9.84 Å². The fraction of sp³-hybridized carbons (Fsp3) is 0.625. The lowest BCUT2D eigenvalue weighted by atomic mass is 9.99. The molecule has 20 heavy (non-hydrogen) atoms. The molecule has 1 fully saturated rings. The number of likely N-dealkylation sites (tertiary alicyclic amines) is 1. The highest BCUT2D eigenvalue weighted by Crippen LogP contribution is 2.13. The van der Waals surface area contributed by atoms with Crippen molar-refractivity contribution in [1.29, 1.82) is 0 Å². The predicted octanol–water partition coefficient (Wildman–Crippen LogP) is 1.47. The molecule has 3 atom stereocenters. The summed E-state index contributed by atoms with van der Waals surface area (Å²) in [6.45, 7) is 8.51. The molecule has 0 aromatic heterocycles. The van der Waals surface area contributed by atoms with E-state index in [0.29, 0.717) is 10.8 Å². The van der Waals surface area contributed by atoms with E-state index in [1.807, 2.05) is 19.1 Å². The van der Waals surface area contributed by atoms with Gasteiger partial charge in [-0.25, -0.2) is 8.42 Å². The molecule has 4 heteroatoms. The molecule has 0 aliphatic carbocycles. The molecular weight excluding hydrogens is 270 g/mol. The molecule has 0 bridgehead atoms. The summed E-state index contributed by atoms with van der Waals surface area (Å²) in [7, 11) is -3.16. The zero-order valence-corrected chi connectivity index (χ0v) is 13.5. The van der Waals surface area contributed by atoms with Crippen LogP contribution in [0.5, 0.6) is 0 Å². The van der Waals surface area contributed by atoms with E-state index >= 15 is 0 Å². The standard InChI is InChI=1S/C16H25NO2S/c1-13-6-8-16(9-7-13)20(18,19)12-15(3)17-10-4-5-14(2)11-17/h6-9,14-15H,4-5,10-12H2,1-3H3/p+1/t14-,15-/m0/s1. The van der Waals surface area contributed by atoms with Crippen LogP contribution in [-0.2, 0) is 9.84 Å². The van der Waals surface area contributed by atoms with Crippen molar-refractivity contribution < 1.29 is 13.3 Å². The van der Waals surface area contributed by atoms with Gasteiger partial charge in [0.25, 0.3) is 0 Å². The van der Waals surface area contributed by atoms with Gasteiger partial charge < -0.3 is 4.90 Å². The third-order valence-electron chi connectivity index (χ3n) is 4.35. The van der Waals surface area contributed by atoms with Crippen molar-refractivity contribution in [3.63, 3.8) is 0 Å². The van der Waals surface area contributed by atoms with E-state index in [1.165, 1.54) is 17.7 Å². The average Bonchev–Trinajstić information content (AvgIpc) is 2.38. The van der Waals surface area contributed by atoms with E-state index < -0.39 is 9.84 Å². The molecule has 2 rings (SSSR count). The van der Waals surface area contributed by atoms with Crippen molar-refractivity contribution in [2.75, 3.05) is 18.8 Å². The van der Waals surface area contributed by atoms with Crippen molar-refractivity contribution in [2.45, 2.75) is 44.6 Å². The number of rotatable bonds is 4. The van der Waals surface area contributed by atoms with Crippen LogP contribution in [-0.4, -0.2) is 33.3 Å². The van der Waals surface area contributed by atoms with Crippen LogP contribution in [0.1, 0.15) is 32.3 Å². The van der Waals surface area contributed by atoms with Crippen molar-refractivity contribution >= 4 is 9.84 Å². The molecule has 0 spiro atoms. The van der Waals surface area contributed by atoms with Crippen molar-refractivity contribution in [2.24, 2.45) is 5.92 Å². The number of sulfone groups is 1. The van der Waals surface area contributed by atoms with Gasteiger partial charge >= 0.3 is 0 Å². The highest BCUT2D eigenvalue weighted by atomic mass is 32.2. The Morgan fingerprint density at radius 1 is 1.30 bits per heavy atom. The van der Waals surface area contributed by atoms with Crippen molar-refractivity contribution in [3.8, 4) is 0 Å². The second-order valence-corrected chi connectivity index (χ2v) is 8.39. The fourth-order valence-electron chi connectivity index (χ4n) is 3.07. The highest BCUT2D eigenvalue weighted by molar-refractivity contribution is 7.91. The van der Waals surface area contributed by atoms with Crippen LogP contribution in [0.4, 0.5) is 0 Å². The van der Waals surface area contributed by atoms with Crippen LogP contribution in [0, 0.1) is 12.8 Å². The first kappa shape index (κ1) is 15.5. The van der Waals surface area contributed by atoms with Crippen LogP contribution >= 0.6 is 0 Å². The molecule has 1 heterocycles. The first-order valence-electron chi connectivity index (χ1n) is 7.52. The molecule has 112 valence electrons. The van der Waals surface area contributed by atoms with Crippen LogP contribution in [0.25, 0.3) is 0 Å². The molecule has 0 radical (unpaired) electrons. The van der Waals surface area contributed by atoms with E-state index in [0.717, 1.165) is 18.7 Å². The maximum Gasteiger partial charge on any atom is 0.184 e. The molecule has 1 N–H and O–H groups in total. The summed E-state index contributed by atoms with van der Waals surface area (Å²) < 4.78 is 24.9. The lowest BCUT2D eigenvalue weighted by Crippen LogP contribution is -3.17. The van der Waals surface area contributed by atoms with E-state index in [2.05, 4.69) is 13.8 Å². The molecule has 3 nitrogen and oxygen atoms in total. The first-order chi connectivity index (χ1) is 9.38. The Morgan fingerprint density at radius 3 is 2.55 bits per heavy atom. The summed E-state index contributed by atoms with van der Waals surface area (Å²) in [5.41, 5.74) is 1.09. The number of hydrogen-bond donors (Lipinski definition) is 1. The third kappa shape index (κ3) is 3.83. The van der Waals surface area contributed by atoms with Gasteiger partial charge in [0.05, 0.1) is 24.0 Å². The number of hydrogen-bond acceptors (Lipinski definition) is 2. The lowest BCUT2D eigenvalue weighted by molar-refractivity contribution is -0.928.